The quantitative estimate of drug-likeness (QED) is 0.0944. The van der Waals surface area contributed by atoms with Crippen molar-refractivity contribution in [3.8, 4) is 23.3 Å². The number of hydrogen-bond donors (Lipinski definition) is 1. The van der Waals surface area contributed by atoms with Crippen LogP contribution in [0.5, 0.6) is 23.3 Å². The molecule has 0 atom stereocenters. The zero-order chi connectivity index (χ0) is 41.5. The molecule has 0 aliphatic rings. The van der Waals surface area contributed by atoms with Gasteiger partial charge in [-0.2, -0.15) is 0 Å². The van der Waals surface area contributed by atoms with Crippen LogP contribution in [-0.4, -0.2) is 36.4 Å². The van der Waals surface area contributed by atoms with Gasteiger partial charge in [-0.15, -0.1) is 0 Å². The second-order valence-electron chi connectivity index (χ2n) is 11.2. The van der Waals surface area contributed by atoms with Gasteiger partial charge in [-0.25, -0.2) is 47.5 Å². The Kier molecular flexibility index (Phi) is 18.5. The molecule has 0 amide bonds. The summed E-state index contributed by atoms with van der Waals surface area (Å²) in [6, 6.07) is 17.3. The number of nitrogens with two attached hydrogens (primary N) is 1. The van der Waals surface area contributed by atoms with E-state index in [2.05, 4.69) is 29.9 Å². The molecule has 2 aromatic carbocycles. The van der Waals surface area contributed by atoms with Gasteiger partial charge in [0.1, 0.15) is 40.6 Å². The van der Waals surface area contributed by atoms with E-state index in [1.165, 1.54) is 0 Å². The first kappa shape index (κ1) is 45.9. The summed E-state index contributed by atoms with van der Waals surface area (Å²) >= 11 is 40.4. The minimum atomic E-state index is -2.72. The van der Waals surface area contributed by atoms with E-state index in [0.717, 1.165) is 30.2 Å². The molecule has 0 radical (unpaired) electrons. The molecule has 0 spiro atoms. The molecule has 0 unspecified atom stereocenters. The summed E-state index contributed by atoms with van der Waals surface area (Å²) in [7, 11) is 0. The van der Waals surface area contributed by atoms with E-state index in [1.54, 1.807) is 60.9 Å². The number of aryl methyl sites for hydroxylation is 2. The first-order chi connectivity index (χ1) is 27.2. The molecule has 4 heterocycles. The third kappa shape index (κ3) is 14.5. The third-order valence-electron chi connectivity index (χ3n) is 7.20. The highest BCUT2D eigenvalue weighted by molar-refractivity contribution is 6.41. The van der Waals surface area contributed by atoms with Gasteiger partial charge >= 0.3 is 0 Å². The zero-order valence-corrected chi connectivity index (χ0v) is 34.3. The molecular formula is C37H28Cl7F4N7O2. The van der Waals surface area contributed by atoms with E-state index in [4.69, 9.17) is 96.4 Å². The monoisotopic (exact) mass is 923 g/mol. The molecule has 0 saturated heterocycles. The summed E-state index contributed by atoms with van der Waals surface area (Å²) in [5, 5.41) is 1.42. The lowest BCUT2D eigenvalue weighted by Gasteiger charge is -2.08. The minimum absolute atomic E-state index is 0.0702. The highest BCUT2D eigenvalue weighted by Gasteiger charge is 2.18. The largest absolute Gasteiger partial charge is 0.437 e. The molecule has 4 aromatic heterocycles. The van der Waals surface area contributed by atoms with Gasteiger partial charge in [0, 0.05) is 34.6 Å². The molecule has 6 rings (SSSR count). The van der Waals surface area contributed by atoms with E-state index < -0.39 is 24.2 Å². The van der Waals surface area contributed by atoms with Crippen molar-refractivity contribution in [2.75, 3.05) is 6.54 Å². The maximum atomic E-state index is 12.8. The predicted octanol–water partition coefficient (Wildman–Crippen LogP) is 13.1. The minimum Gasteiger partial charge on any atom is -0.437 e. The molecule has 0 bridgehead atoms. The van der Waals surface area contributed by atoms with Gasteiger partial charge < -0.3 is 15.2 Å². The molecule has 0 aliphatic heterocycles. The van der Waals surface area contributed by atoms with Gasteiger partial charge in [-0.3, -0.25) is 0 Å². The number of nitrogens with zero attached hydrogens (tertiary/aromatic N) is 6. The molecule has 20 heteroatoms. The van der Waals surface area contributed by atoms with Crippen LogP contribution in [0.15, 0.2) is 85.7 Å². The highest BCUT2D eigenvalue weighted by Crippen LogP contribution is 2.33. The fraction of sp³-hybridized carbons (Fsp3) is 0.189. The van der Waals surface area contributed by atoms with Crippen molar-refractivity contribution < 1.29 is 27.0 Å². The number of benzene rings is 2. The van der Waals surface area contributed by atoms with E-state index >= 15 is 0 Å². The number of ether oxygens (including phenoxy) is 2. The maximum Gasteiger partial charge on any atom is 0.282 e. The van der Waals surface area contributed by atoms with Crippen LogP contribution < -0.4 is 15.2 Å². The predicted molar refractivity (Wildman–Crippen MR) is 215 cm³/mol. The Morgan fingerprint density at radius 3 is 1.47 bits per heavy atom. The number of rotatable bonds is 12. The van der Waals surface area contributed by atoms with Gasteiger partial charge in [-0.1, -0.05) is 93.3 Å². The van der Waals surface area contributed by atoms with Crippen molar-refractivity contribution in [2.24, 2.45) is 5.73 Å². The summed E-state index contributed by atoms with van der Waals surface area (Å²) in [6.45, 7) is 0.602. The van der Waals surface area contributed by atoms with Crippen LogP contribution in [0.3, 0.4) is 0 Å². The van der Waals surface area contributed by atoms with Crippen LogP contribution in [0.2, 0.25) is 35.3 Å². The molecule has 300 valence electrons. The fourth-order valence-electron chi connectivity index (χ4n) is 4.47. The molecule has 57 heavy (non-hydrogen) atoms. The Morgan fingerprint density at radius 1 is 0.544 bits per heavy atom. The fourth-order valence-corrected chi connectivity index (χ4v) is 5.96. The Morgan fingerprint density at radius 2 is 1.04 bits per heavy atom. The lowest BCUT2D eigenvalue weighted by atomic mass is 10.1. The SMILES string of the molecule is FC(F)c1ncnc(CCCc2ccc(Oc3ccc(Cl)cc3Cl)nc2)c1Cl.FC(F)c1ncnc(Cl)c1Cl.NCCc1ccc(Oc2ccc(Cl)cc2Cl)nc1. The Bertz CT molecular complexity index is 2210. The number of aromatic nitrogens is 6. The molecule has 0 fully saturated rings. The molecule has 9 nitrogen and oxygen atoms in total. The lowest BCUT2D eigenvalue weighted by molar-refractivity contribution is 0.145. The second kappa shape index (κ2) is 23.0. The molecule has 0 saturated carbocycles. The number of alkyl halides is 4. The summed E-state index contributed by atoms with van der Waals surface area (Å²) in [6.07, 6.45) is 2.65. The Balaban J connectivity index is 0.000000211. The maximum absolute atomic E-state index is 12.8. The van der Waals surface area contributed by atoms with Crippen LogP contribution in [0, 0.1) is 0 Å². The van der Waals surface area contributed by atoms with E-state index in [1.807, 2.05) is 12.1 Å². The average Bonchev–Trinajstić information content (AvgIpc) is 3.17. The highest BCUT2D eigenvalue weighted by atomic mass is 35.5. The van der Waals surface area contributed by atoms with Gasteiger partial charge in [0.2, 0.25) is 11.8 Å². The smallest absolute Gasteiger partial charge is 0.282 e. The van der Waals surface area contributed by atoms with Crippen LogP contribution in [0.1, 0.15) is 47.5 Å². The standard InChI is InChI=1S/C19H14Cl3F2N3O.C13H12Cl2N2O.C5H2Cl2F2N2/c20-12-5-6-15(13(21)8-12)28-16-7-4-11(9-25-16)2-1-3-14-17(22)18(19(23)24)27-10-26-14;14-10-2-3-12(11(15)7-10)18-13-4-1-9(5-6-16)8-17-13;6-2-3(5(8)9)10-1-11-4(2)7/h4-10,19H,1-3H2;1-4,7-8H,5-6,16H2;1,5H. The number of halogens is 11. The summed E-state index contributed by atoms with van der Waals surface area (Å²) in [5.41, 5.74) is 6.95. The van der Waals surface area contributed by atoms with Gasteiger partial charge in [-0.05, 0) is 79.8 Å². The van der Waals surface area contributed by atoms with Crippen LogP contribution in [-0.2, 0) is 19.3 Å². The van der Waals surface area contributed by atoms with Gasteiger partial charge in [0.25, 0.3) is 12.9 Å². The van der Waals surface area contributed by atoms with Crippen LogP contribution >= 0.6 is 81.2 Å². The van der Waals surface area contributed by atoms with E-state index in [0.29, 0.717) is 74.9 Å². The van der Waals surface area contributed by atoms with Crippen molar-refractivity contribution >= 4 is 81.2 Å². The van der Waals surface area contributed by atoms with Crippen molar-refractivity contribution in [1.82, 2.24) is 29.9 Å². The van der Waals surface area contributed by atoms with E-state index in [-0.39, 0.29) is 15.2 Å². The van der Waals surface area contributed by atoms with Crippen molar-refractivity contribution in [2.45, 2.75) is 38.5 Å². The molecule has 0 aliphatic carbocycles. The Labute approximate surface area is 359 Å². The third-order valence-corrected chi connectivity index (χ3v) is 9.43. The summed E-state index contributed by atoms with van der Waals surface area (Å²) < 4.78 is 60.8. The van der Waals surface area contributed by atoms with Crippen molar-refractivity contribution in [3.63, 3.8) is 0 Å². The number of hydrogen-bond acceptors (Lipinski definition) is 9. The topological polar surface area (TPSA) is 122 Å². The van der Waals surface area contributed by atoms with Gasteiger partial charge in [0.05, 0.1) is 20.8 Å². The summed E-state index contributed by atoms with van der Waals surface area (Å²) in [5.74, 6) is 1.87. The van der Waals surface area contributed by atoms with E-state index in [9.17, 15) is 17.6 Å². The zero-order valence-electron chi connectivity index (χ0n) is 29.0. The normalized spacial score (nSPS) is 10.8. The lowest BCUT2D eigenvalue weighted by Crippen LogP contribution is -2.02. The second-order valence-corrected chi connectivity index (χ2v) is 14.0. The van der Waals surface area contributed by atoms with Crippen molar-refractivity contribution in [3.05, 3.63) is 149 Å². The van der Waals surface area contributed by atoms with Crippen LogP contribution in [0.4, 0.5) is 17.6 Å². The average molecular weight is 927 g/mol. The molecular weight excluding hydrogens is 899 g/mol. The molecule has 6 aromatic rings. The Hall–Kier alpha value is -3.79. The summed E-state index contributed by atoms with van der Waals surface area (Å²) in [4.78, 5) is 22.6. The number of pyridine rings is 2. The molecule has 2 N–H and O–H groups in total. The van der Waals surface area contributed by atoms with Gasteiger partial charge in [0.15, 0.2) is 5.15 Å². The van der Waals surface area contributed by atoms with Crippen molar-refractivity contribution in [1.29, 1.82) is 0 Å². The van der Waals surface area contributed by atoms with Crippen LogP contribution in [0.25, 0.3) is 0 Å². The first-order valence-corrected chi connectivity index (χ1v) is 19.0. The first-order valence-electron chi connectivity index (χ1n) is 16.3.